The van der Waals surface area contributed by atoms with Gasteiger partial charge in [0.05, 0.1) is 0 Å². The fourth-order valence-corrected chi connectivity index (χ4v) is 3.21. The van der Waals surface area contributed by atoms with Gasteiger partial charge in [0.2, 0.25) is 0 Å². The summed E-state index contributed by atoms with van der Waals surface area (Å²) in [6.07, 6.45) is 2.49. The summed E-state index contributed by atoms with van der Waals surface area (Å²) in [5, 5.41) is 0. The Morgan fingerprint density at radius 3 is 2.95 bits per heavy atom. The number of hydrogen-bond acceptors (Lipinski definition) is 3. The third-order valence-electron chi connectivity index (χ3n) is 4.20. The van der Waals surface area contributed by atoms with Crippen molar-refractivity contribution in [1.29, 1.82) is 0 Å². The molecule has 1 heterocycles. The van der Waals surface area contributed by atoms with Crippen LogP contribution in [0.25, 0.3) is 0 Å². The van der Waals surface area contributed by atoms with Crippen LogP contribution in [0.15, 0.2) is 18.2 Å². The zero-order valence-corrected chi connectivity index (χ0v) is 13.6. The maximum absolute atomic E-state index is 13.9. The second-order valence-corrected chi connectivity index (χ2v) is 6.23. The molecule has 1 atom stereocenters. The first-order chi connectivity index (χ1) is 10.0. The van der Waals surface area contributed by atoms with Crippen molar-refractivity contribution >= 4 is 17.2 Å². The SMILES string of the molecule is CCN1CCCC1CN(C)Cc1cc(C(N)=S)ccc1F. The van der Waals surface area contributed by atoms with Gasteiger partial charge >= 0.3 is 0 Å². The van der Waals surface area contributed by atoms with Gasteiger partial charge in [0, 0.05) is 30.3 Å². The van der Waals surface area contributed by atoms with E-state index in [1.807, 2.05) is 7.05 Å². The lowest BCUT2D eigenvalue weighted by Crippen LogP contribution is -2.38. The molecule has 5 heteroatoms. The van der Waals surface area contributed by atoms with Crippen molar-refractivity contribution in [2.24, 2.45) is 5.73 Å². The van der Waals surface area contributed by atoms with Crippen LogP contribution in [-0.4, -0.2) is 47.5 Å². The van der Waals surface area contributed by atoms with Gasteiger partial charge in [0.1, 0.15) is 10.8 Å². The van der Waals surface area contributed by atoms with E-state index in [-0.39, 0.29) is 5.82 Å². The van der Waals surface area contributed by atoms with Gasteiger partial charge in [0.25, 0.3) is 0 Å². The van der Waals surface area contributed by atoms with Gasteiger partial charge in [-0.2, -0.15) is 0 Å². The van der Waals surface area contributed by atoms with Crippen LogP contribution in [0, 0.1) is 5.82 Å². The number of benzene rings is 1. The first kappa shape index (κ1) is 16.3. The average molecular weight is 309 g/mol. The number of nitrogens with zero attached hydrogens (tertiary/aromatic N) is 2. The molecule has 3 nitrogen and oxygen atoms in total. The zero-order chi connectivity index (χ0) is 15.4. The van der Waals surface area contributed by atoms with E-state index in [0.717, 1.165) is 18.7 Å². The minimum Gasteiger partial charge on any atom is -0.389 e. The van der Waals surface area contributed by atoms with Crippen LogP contribution in [0.4, 0.5) is 4.39 Å². The Bertz CT molecular complexity index is 506. The lowest BCUT2D eigenvalue weighted by atomic mass is 10.1. The maximum atomic E-state index is 13.9. The molecular formula is C16H24FN3S. The third-order valence-corrected chi connectivity index (χ3v) is 4.43. The van der Waals surface area contributed by atoms with E-state index in [1.54, 1.807) is 12.1 Å². The quantitative estimate of drug-likeness (QED) is 0.818. The van der Waals surface area contributed by atoms with Crippen molar-refractivity contribution in [3.63, 3.8) is 0 Å². The van der Waals surface area contributed by atoms with Gasteiger partial charge in [-0.15, -0.1) is 0 Å². The molecule has 1 aromatic rings. The first-order valence-electron chi connectivity index (χ1n) is 7.52. The summed E-state index contributed by atoms with van der Waals surface area (Å²) >= 11 is 4.96. The number of halogens is 1. The first-order valence-corrected chi connectivity index (χ1v) is 7.93. The number of hydrogen-bond donors (Lipinski definition) is 1. The molecule has 1 unspecified atom stereocenters. The van der Waals surface area contributed by atoms with Crippen LogP contribution in [-0.2, 0) is 6.54 Å². The number of nitrogens with two attached hydrogens (primary N) is 1. The molecule has 1 saturated heterocycles. The molecule has 0 radical (unpaired) electrons. The monoisotopic (exact) mass is 309 g/mol. The van der Waals surface area contributed by atoms with Crippen LogP contribution in [0.1, 0.15) is 30.9 Å². The van der Waals surface area contributed by atoms with Crippen molar-refractivity contribution in [3.05, 3.63) is 35.1 Å². The van der Waals surface area contributed by atoms with Gasteiger partial charge in [-0.1, -0.05) is 19.1 Å². The molecular weight excluding hydrogens is 285 g/mol. The molecule has 2 rings (SSSR count). The highest BCUT2D eigenvalue weighted by atomic mass is 32.1. The Morgan fingerprint density at radius 1 is 1.52 bits per heavy atom. The van der Waals surface area contributed by atoms with E-state index in [2.05, 4.69) is 16.7 Å². The smallest absolute Gasteiger partial charge is 0.127 e. The summed E-state index contributed by atoms with van der Waals surface area (Å²) in [6, 6.07) is 5.44. The molecule has 0 amide bonds. The molecule has 2 N–H and O–H groups in total. The van der Waals surface area contributed by atoms with E-state index >= 15 is 0 Å². The largest absolute Gasteiger partial charge is 0.389 e. The molecule has 0 spiro atoms. The van der Waals surface area contributed by atoms with Gasteiger partial charge in [-0.05, 0) is 51.2 Å². The normalized spacial score (nSPS) is 19.3. The average Bonchev–Trinajstić information content (AvgIpc) is 2.88. The van der Waals surface area contributed by atoms with E-state index in [0.29, 0.717) is 23.1 Å². The predicted molar refractivity (Wildman–Crippen MR) is 88.9 cm³/mol. The molecule has 1 fully saturated rings. The van der Waals surface area contributed by atoms with Crippen LogP contribution in [0.2, 0.25) is 0 Å². The molecule has 21 heavy (non-hydrogen) atoms. The lowest BCUT2D eigenvalue weighted by Gasteiger charge is -2.27. The summed E-state index contributed by atoms with van der Waals surface area (Å²) in [6.45, 7) is 6.01. The van der Waals surface area contributed by atoms with E-state index < -0.39 is 0 Å². The standard InChI is InChI=1S/C16H24FN3S/c1-3-20-8-4-5-14(20)11-19(2)10-13-9-12(16(18)21)6-7-15(13)17/h6-7,9,14H,3-5,8,10-11H2,1-2H3,(H2,18,21). The van der Waals surface area contributed by atoms with Crippen molar-refractivity contribution < 1.29 is 4.39 Å². The van der Waals surface area contributed by atoms with E-state index in [4.69, 9.17) is 18.0 Å². The van der Waals surface area contributed by atoms with Gasteiger partial charge in [-0.25, -0.2) is 4.39 Å². The molecule has 0 aliphatic carbocycles. The van der Waals surface area contributed by atoms with Gasteiger partial charge < -0.3 is 10.6 Å². The number of likely N-dealkylation sites (N-methyl/N-ethyl adjacent to an activating group) is 2. The highest BCUT2D eigenvalue weighted by Gasteiger charge is 2.24. The van der Waals surface area contributed by atoms with E-state index in [1.165, 1.54) is 25.5 Å². The zero-order valence-electron chi connectivity index (χ0n) is 12.8. The topological polar surface area (TPSA) is 32.5 Å². The highest BCUT2D eigenvalue weighted by Crippen LogP contribution is 2.19. The summed E-state index contributed by atoms with van der Waals surface area (Å²) in [4.78, 5) is 4.99. The summed E-state index contributed by atoms with van der Waals surface area (Å²) < 4.78 is 13.9. The molecule has 1 aliphatic heterocycles. The van der Waals surface area contributed by atoms with Crippen LogP contribution in [0.3, 0.4) is 0 Å². The molecule has 0 saturated carbocycles. The third kappa shape index (κ3) is 4.22. The minimum absolute atomic E-state index is 0.194. The van der Waals surface area contributed by atoms with Crippen molar-refractivity contribution in [1.82, 2.24) is 9.80 Å². The summed E-state index contributed by atoms with van der Waals surface area (Å²) in [5.41, 5.74) is 7.00. The minimum atomic E-state index is -0.194. The Balaban J connectivity index is 2.00. The van der Waals surface area contributed by atoms with E-state index in [9.17, 15) is 4.39 Å². The van der Waals surface area contributed by atoms with Crippen LogP contribution < -0.4 is 5.73 Å². The Hall–Kier alpha value is -1.04. The Labute approximate surface area is 131 Å². The van der Waals surface area contributed by atoms with Gasteiger partial charge in [0.15, 0.2) is 0 Å². The van der Waals surface area contributed by atoms with Crippen molar-refractivity contribution in [2.45, 2.75) is 32.4 Å². The molecule has 0 aromatic heterocycles. The molecule has 1 aliphatic rings. The van der Waals surface area contributed by atoms with Crippen LogP contribution >= 0.6 is 12.2 Å². The van der Waals surface area contributed by atoms with Crippen LogP contribution in [0.5, 0.6) is 0 Å². The highest BCUT2D eigenvalue weighted by molar-refractivity contribution is 7.80. The summed E-state index contributed by atoms with van der Waals surface area (Å²) in [7, 11) is 2.04. The second kappa shape index (κ2) is 7.29. The Morgan fingerprint density at radius 2 is 2.29 bits per heavy atom. The second-order valence-electron chi connectivity index (χ2n) is 5.79. The number of thiocarbonyl (C=S) groups is 1. The number of rotatable bonds is 6. The van der Waals surface area contributed by atoms with Crippen molar-refractivity contribution in [2.75, 3.05) is 26.7 Å². The Kier molecular flexibility index (Phi) is 5.67. The van der Waals surface area contributed by atoms with Gasteiger partial charge in [-0.3, -0.25) is 4.90 Å². The number of likely N-dealkylation sites (tertiary alicyclic amines) is 1. The lowest BCUT2D eigenvalue weighted by molar-refractivity contribution is 0.193. The fraction of sp³-hybridized carbons (Fsp3) is 0.562. The molecule has 0 bridgehead atoms. The fourth-order valence-electron chi connectivity index (χ4n) is 3.08. The predicted octanol–water partition coefficient (Wildman–Crippen LogP) is 2.38. The molecule has 1 aromatic carbocycles. The van der Waals surface area contributed by atoms with Crippen molar-refractivity contribution in [3.8, 4) is 0 Å². The maximum Gasteiger partial charge on any atom is 0.127 e. The molecule has 116 valence electrons. The summed E-state index contributed by atoms with van der Waals surface area (Å²) in [5.74, 6) is -0.194.